The molecule has 2 nitrogen and oxygen atoms in total. The lowest BCUT2D eigenvalue weighted by Gasteiger charge is -2.37. The van der Waals surface area contributed by atoms with Gasteiger partial charge in [0.2, 0.25) is 0 Å². The summed E-state index contributed by atoms with van der Waals surface area (Å²) >= 11 is 0. The molecule has 2 unspecified atom stereocenters. The molecule has 1 rings (SSSR count). The summed E-state index contributed by atoms with van der Waals surface area (Å²) in [5.41, 5.74) is 0. The lowest BCUT2D eigenvalue weighted by molar-refractivity contribution is 0.135. The van der Waals surface area contributed by atoms with Crippen molar-refractivity contribution >= 4 is 0 Å². The van der Waals surface area contributed by atoms with Gasteiger partial charge >= 0.3 is 0 Å². The van der Waals surface area contributed by atoms with Crippen molar-refractivity contribution in [1.29, 1.82) is 0 Å². The van der Waals surface area contributed by atoms with Crippen LogP contribution in [0, 0.1) is 5.92 Å². The highest BCUT2D eigenvalue weighted by Gasteiger charge is 2.22. The van der Waals surface area contributed by atoms with Gasteiger partial charge in [-0.1, -0.05) is 34.1 Å². The Morgan fingerprint density at radius 1 is 1.25 bits per heavy atom. The van der Waals surface area contributed by atoms with Gasteiger partial charge in [0.15, 0.2) is 0 Å². The largest absolute Gasteiger partial charge is 0.313 e. The summed E-state index contributed by atoms with van der Waals surface area (Å²) in [6.45, 7) is 13.0. The van der Waals surface area contributed by atoms with E-state index in [1.807, 2.05) is 0 Å². The van der Waals surface area contributed by atoms with E-state index in [0.717, 1.165) is 18.0 Å². The first-order valence-corrected chi connectivity index (χ1v) is 7.16. The topological polar surface area (TPSA) is 15.3 Å². The van der Waals surface area contributed by atoms with Crippen molar-refractivity contribution in [3.05, 3.63) is 0 Å². The molecule has 16 heavy (non-hydrogen) atoms. The molecule has 0 aromatic heterocycles. The fourth-order valence-corrected chi connectivity index (χ4v) is 3.01. The van der Waals surface area contributed by atoms with Crippen LogP contribution in [0.4, 0.5) is 0 Å². The minimum atomic E-state index is 0.737. The third kappa shape index (κ3) is 4.06. The van der Waals surface area contributed by atoms with Crippen LogP contribution in [0.2, 0.25) is 0 Å². The fraction of sp³-hybridized carbons (Fsp3) is 1.00. The Morgan fingerprint density at radius 3 is 2.44 bits per heavy atom. The summed E-state index contributed by atoms with van der Waals surface area (Å²) in [7, 11) is 0. The molecule has 0 amide bonds. The van der Waals surface area contributed by atoms with Crippen molar-refractivity contribution in [1.82, 2.24) is 10.2 Å². The molecule has 2 heteroatoms. The third-order valence-electron chi connectivity index (χ3n) is 3.93. The van der Waals surface area contributed by atoms with Crippen LogP contribution in [-0.2, 0) is 0 Å². The molecule has 2 atom stereocenters. The molecule has 0 radical (unpaired) electrons. The molecule has 1 heterocycles. The zero-order valence-corrected chi connectivity index (χ0v) is 11.6. The van der Waals surface area contributed by atoms with Crippen LogP contribution in [0.5, 0.6) is 0 Å². The van der Waals surface area contributed by atoms with Gasteiger partial charge in [-0.15, -0.1) is 0 Å². The molecule has 1 fully saturated rings. The van der Waals surface area contributed by atoms with Crippen molar-refractivity contribution in [3.8, 4) is 0 Å². The highest BCUT2D eigenvalue weighted by Crippen LogP contribution is 2.17. The van der Waals surface area contributed by atoms with E-state index in [9.17, 15) is 0 Å². The first kappa shape index (κ1) is 14.0. The molecule has 0 aromatic rings. The van der Waals surface area contributed by atoms with Gasteiger partial charge in [0, 0.05) is 18.6 Å². The minimum absolute atomic E-state index is 0.737. The van der Waals surface area contributed by atoms with Crippen molar-refractivity contribution in [2.24, 2.45) is 5.92 Å². The normalized spacial score (nSPS) is 24.0. The number of nitrogens with one attached hydrogen (secondary N) is 1. The third-order valence-corrected chi connectivity index (χ3v) is 3.93. The first-order valence-electron chi connectivity index (χ1n) is 7.16. The van der Waals surface area contributed by atoms with Crippen molar-refractivity contribution in [2.45, 2.75) is 65.5 Å². The molecular weight excluding hydrogens is 196 g/mol. The number of rotatable bonds is 6. The van der Waals surface area contributed by atoms with E-state index in [0.29, 0.717) is 0 Å². The molecule has 96 valence electrons. The van der Waals surface area contributed by atoms with Gasteiger partial charge in [0.25, 0.3) is 0 Å². The quantitative estimate of drug-likeness (QED) is 0.749. The fourth-order valence-electron chi connectivity index (χ4n) is 3.01. The molecule has 1 aliphatic rings. The predicted octanol–water partition coefficient (Wildman–Crippen LogP) is 2.89. The minimum Gasteiger partial charge on any atom is -0.313 e. The van der Waals surface area contributed by atoms with E-state index in [1.165, 1.54) is 45.3 Å². The predicted molar refractivity (Wildman–Crippen MR) is 71.8 cm³/mol. The number of nitrogens with zero attached hydrogens (tertiary/aromatic N) is 1. The lowest BCUT2D eigenvalue weighted by Crippen LogP contribution is -2.48. The van der Waals surface area contributed by atoms with Gasteiger partial charge < -0.3 is 5.32 Å². The highest BCUT2D eigenvalue weighted by atomic mass is 15.2. The van der Waals surface area contributed by atoms with Crippen molar-refractivity contribution in [2.75, 3.05) is 19.6 Å². The molecule has 0 aliphatic carbocycles. The molecule has 1 N–H and O–H groups in total. The van der Waals surface area contributed by atoms with E-state index in [-0.39, 0.29) is 0 Å². The molecule has 0 spiro atoms. The summed E-state index contributed by atoms with van der Waals surface area (Å²) in [4.78, 5) is 2.67. The van der Waals surface area contributed by atoms with Gasteiger partial charge in [-0.3, -0.25) is 4.90 Å². The second kappa shape index (κ2) is 7.29. The monoisotopic (exact) mass is 226 g/mol. The summed E-state index contributed by atoms with van der Waals surface area (Å²) in [5, 5.41) is 3.66. The first-order chi connectivity index (χ1) is 7.69. The lowest BCUT2D eigenvalue weighted by atomic mass is 9.97. The van der Waals surface area contributed by atoms with Crippen LogP contribution in [-0.4, -0.2) is 36.6 Å². The maximum absolute atomic E-state index is 3.66. The van der Waals surface area contributed by atoms with Crippen LogP contribution < -0.4 is 5.32 Å². The SMILES string of the molecule is CCC(C(C)C)N(CC)CC1CCCCN1. The van der Waals surface area contributed by atoms with Crippen LogP contribution in [0.1, 0.15) is 53.4 Å². The zero-order chi connectivity index (χ0) is 12.0. The average Bonchev–Trinajstić information content (AvgIpc) is 2.29. The molecule has 0 bridgehead atoms. The Bertz CT molecular complexity index is 174. The van der Waals surface area contributed by atoms with Gasteiger partial charge in [0.05, 0.1) is 0 Å². The number of piperidine rings is 1. The van der Waals surface area contributed by atoms with Gasteiger partial charge in [-0.05, 0) is 38.3 Å². The Labute approximate surface area is 102 Å². The van der Waals surface area contributed by atoms with Gasteiger partial charge in [-0.2, -0.15) is 0 Å². The van der Waals surface area contributed by atoms with Crippen molar-refractivity contribution in [3.63, 3.8) is 0 Å². The van der Waals surface area contributed by atoms with Crippen LogP contribution >= 0.6 is 0 Å². The number of likely N-dealkylation sites (N-methyl/N-ethyl adjacent to an activating group) is 1. The Morgan fingerprint density at radius 2 is 2.00 bits per heavy atom. The van der Waals surface area contributed by atoms with Gasteiger partial charge in [-0.25, -0.2) is 0 Å². The average molecular weight is 226 g/mol. The maximum atomic E-state index is 3.66. The second-order valence-corrected chi connectivity index (χ2v) is 5.45. The summed E-state index contributed by atoms with van der Waals surface area (Å²) in [5.74, 6) is 0.772. The summed E-state index contributed by atoms with van der Waals surface area (Å²) in [6.07, 6.45) is 5.42. The van der Waals surface area contributed by atoms with E-state index in [4.69, 9.17) is 0 Å². The van der Waals surface area contributed by atoms with E-state index >= 15 is 0 Å². The van der Waals surface area contributed by atoms with Crippen molar-refractivity contribution < 1.29 is 0 Å². The molecule has 1 saturated heterocycles. The zero-order valence-electron chi connectivity index (χ0n) is 11.6. The van der Waals surface area contributed by atoms with E-state index < -0.39 is 0 Å². The Hall–Kier alpha value is -0.0800. The van der Waals surface area contributed by atoms with Crippen LogP contribution in [0.3, 0.4) is 0 Å². The van der Waals surface area contributed by atoms with Crippen LogP contribution in [0.25, 0.3) is 0 Å². The molecule has 0 saturated carbocycles. The van der Waals surface area contributed by atoms with E-state index in [2.05, 4.69) is 37.9 Å². The molecule has 1 aliphatic heterocycles. The second-order valence-electron chi connectivity index (χ2n) is 5.45. The number of hydrogen-bond acceptors (Lipinski definition) is 2. The maximum Gasteiger partial charge on any atom is 0.0195 e. The summed E-state index contributed by atoms with van der Waals surface area (Å²) < 4.78 is 0. The Balaban J connectivity index is 2.45. The smallest absolute Gasteiger partial charge is 0.0195 e. The highest BCUT2D eigenvalue weighted by molar-refractivity contribution is 4.80. The molecular formula is C14H30N2. The Kier molecular flexibility index (Phi) is 6.37. The molecule has 0 aromatic carbocycles. The number of hydrogen-bond donors (Lipinski definition) is 1. The van der Waals surface area contributed by atoms with Crippen LogP contribution in [0.15, 0.2) is 0 Å². The standard InChI is InChI=1S/C14H30N2/c1-5-14(12(3)4)16(6-2)11-13-9-7-8-10-15-13/h12-15H,5-11H2,1-4H3. The summed E-state index contributed by atoms with van der Waals surface area (Å²) in [6, 6.07) is 1.50. The van der Waals surface area contributed by atoms with Gasteiger partial charge in [0.1, 0.15) is 0 Å². The van der Waals surface area contributed by atoms with E-state index in [1.54, 1.807) is 0 Å².